The number of hydrogen-bond donors (Lipinski definition) is 2. The van der Waals surface area contributed by atoms with Gasteiger partial charge in [-0.1, -0.05) is 30.3 Å². The number of nitrogens with two attached hydrogens (primary N) is 1. The Morgan fingerprint density at radius 3 is 2.41 bits per heavy atom. The number of fused-ring (bicyclic) bond motifs is 1. The highest BCUT2D eigenvalue weighted by molar-refractivity contribution is 6.19. The summed E-state index contributed by atoms with van der Waals surface area (Å²) in [5.74, 6) is 6.11. The Morgan fingerprint density at radius 2 is 1.73 bits per heavy atom. The zero-order valence-corrected chi connectivity index (χ0v) is 12.4. The van der Waals surface area contributed by atoms with Crippen molar-refractivity contribution in [1.82, 2.24) is 9.97 Å². The maximum Gasteiger partial charge on any atom is 0.181 e. The van der Waals surface area contributed by atoms with Gasteiger partial charge in [0, 0.05) is 11.4 Å². The molecule has 0 saturated carbocycles. The first kappa shape index (κ1) is 14.0. The van der Waals surface area contributed by atoms with E-state index in [1.165, 1.54) is 0 Å². The van der Waals surface area contributed by atoms with E-state index >= 15 is 0 Å². The van der Waals surface area contributed by atoms with Crippen molar-refractivity contribution in [3.8, 4) is 5.75 Å². The molecule has 0 saturated heterocycles. The number of aryl methyl sites for hydroxylation is 2. The van der Waals surface area contributed by atoms with Crippen LogP contribution in [0.1, 0.15) is 22.8 Å². The first-order chi connectivity index (χ1) is 10.6. The number of phenols is 1. The molecule has 3 aromatic rings. The van der Waals surface area contributed by atoms with E-state index in [1.54, 1.807) is 6.07 Å². The van der Waals surface area contributed by atoms with Crippen LogP contribution in [0.3, 0.4) is 0 Å². The molecule has 0 unspecified atom stereocenters. The van der Waals surface area contributed by atoms with E-state index in [9.17, 15) is 5.11 Å². The van der Waals surface area contributed by atoms with Gasteiger partial charge in [0.15, 0.2) is 5.82 Å². The highest BCUT2D eigenvalue weighted by Gasteiger charge is 2.18. The molecule has 5 heteroatoms. The predicted molar refractivity (Wildman–Crippen MR) is 86.9 cm³/mol. The Labute approximate surface area is 128 Å². The summed E-state index contributed by atoms with van der Waals surface area (Å²) < 4.78 is 0. The van der Waals surface area contributed by atoms with Gasteiger partial charge in [0.1, 0.15) is 11.5 Å². The van der Waals surface area contributed by atoms with Crippen molar-refractivity contribution in [2.75, 3.05) is 0 Å². The summed E-state index contributed by atoms with van der Waals surface area (Å²) in [5.41, 5.74) is 2.57. The first-order valence-electron chi connectivity index (χ1n) is 6.92. The van der Waals surface area contributed by atoms with E-state index in [0.29, 0.717) is 17.1 Å². The highest BCUT2D eigenvalue weighted by atomic mass is 16.3. The summed E-state index contributed by atoms with van der Waals surface area (Å²) in [7, 11) is 0. The van der Waals surface area contributed by atoms with Crippen molar-refractivity contribution >= 4 is 16.5 Å². The second-order valence-corrected chi connectivity index (χ2v) is 5.13. The monoisotopic (exact) mass is 292 g/mol. The normalized spacial score (nSPS) is 11.8. The third-order valence-corrected chi connectivity index (χ3v) is 3.47. The van der Waals surface area contributed by atoms with Crippen LogP contribution in [-0.2, 0) is 0 Å². The van der Waals surface area contributed by atoms with Gasteiger partial charge >= 0.3 is 0 Å². The van der Waals surface area contributed by atoms with Crippen LogP contribution in [0.2, 0.25) is 0 Å². The van der Waals surface area contributed by atoms with E-state index in [4.69, 9.17) is 5.84 Å². The minimum Gasteiger partial charge on any atom is -0.507 e. The summed E-state index contributed by atoms with van der Waals surface area (Å²) in [5, 5.41) is 16.0. The molecule has 1 heterocycles. The van der Waals surface area contributed by atoms with Crippen LogP contribution >= 0.6 is 0 Å². The molecular formula is C17H16N4O. The smallest absolute Gasteiger partial charge is 0.181 e. The number of rotatable bonds is 2. The zero-order chi connectivity index (χ0) is 15.7. The number of hydrogen-bond acceptors (Lipinski definition) is 5. The Hall–Kier alpha value is -2.95. The molecule has 3 N–H and O–H groups in total. The number of aromatic nitrogens is 2. The second kappa shape index (κ2) is 5.44. The van der Waals surface area contributed by atoms with Crippen LogP contribution in [0.4, 0.5) is 0 Å². The molecule has 0 aliphatic rings. The second-order valence-electron chi connectivity index (χ2n) is 5.13. The molecule has 0 spiro atoms. The molecule has 5 nitrogen and oxygen atoms in total. The van der Waals surface area contributed by atoms with Crippen LogP contribution < -0.4 is 5.84 Å². The molecule has 0 aliphatic heterocycles. The first-order valence-corrected chi connectivity index (χ1v) is 6.92. The standard InChI is InChI=1S/C17H16N4O/c1-10-9-11(2)20-17(19-10)16(21-18)15-13-6-4-3-5-12(13)7-8-14(15)22/h3-9,22H,18H2,1-2H3. The molecule has 0 atom stereocenters. The van der Waals surface area contributed by atoms with Crippen molar-refractivity contribution in [3.63, 3.8) is 0 Å². The van der Waals surface area contributed by atoms with Gasteiger partial charge in [0.05, 0.1) is 5.56 Å². The molecule has 0 fully saturated rings. The fraction of sp³-hybridized carbons (Fsp3) is 0.118. The molecule has 110 valence electrons. The van der Waals surface area contributed by atoms with E-state index in [2.05, 4.69) is 15.1 Å². The number of nitrogens with zero attached hydrogens (tertiary/aromatic N) is 3. The minimum absolute atomic E-state index is 0.102. The Balaban J connectivity index is 2.30. The van der Waals surface area contributed by atoms with Crippen molar-refractivity contribution in [3.05, 3.63) is 65.2 Å². The third-order valence-electron chi connectivity index (χ3n) is 3.47. The lowest BCUT2D eigenvalue weighted by Gasteiger charge is -2.11. The number of benzene rings is 2. The van der Waals surface area contributed by atoms with Crippen molar-refractivity contribution in [1.29, 1.82) is 0 Å². The summed E-state index contributed by atoms with van der Waals surface area (Å²) in [4.78, 5) is 8.79. The van der Waals surface area contributed by atoms with Gasteiger partial charge in [0.25, 0.3) is 0 Å². The quantitative estimate of drug-likeness (QED) is 0.432. The van der Waals surface area contributed by atoms with Crippen LogP contribution in [0, 0.1) is 13.8 Å². The molecular weight excluding hydrogens is 276 g/mol. The summed E-state index contributed by atoms with van der Waals surface area (Å²) in [6, 6.07) is 13.1. The van der Waals surface area contributed by atoms with Gasteiger partial charge in [-0.25, -0.2) is 9.97 Å². The fourth-order valence-electron chi connectivity index (χ4n) is 2.57. The molecule has 22 heavy (non-hydrogen) atoms. The van der Waals surface area contributed by atoms with Crippen LogP contribution in [0.15, 0.2) is 47.6 Å². The molecule has 1 aromatic heterocycles. The lowest BCUT2D eigenvalue weighted by molar-refractivity contribution is 0.475. The maximum atomic E-state index is 10.3. The van der Waals surface area contributed by atoms with Crippen LogP contribution in [0.25, 0.3) is 10.8 Å². The van der Waals surface area contributed by atoms with Gasteiger partial charge in [-0.15, -0.1) is 0 Å². The van der Waals surface area contributed by atoms with Gasteiger partial charge < -0.3 is 10.9 Å². The average Bonchev–Trinajstić information content (AvgIpc) is 2.49. The number of phenolic OH excluding ortho intramolecular Hbond substituents is 1. The van der Waals surface area contributed by atoms with E-state index in [0.717, 1.165) is 22.2 Å². The molecule has 0 amide bonds. The Kier molecular flexibility index (Phi) is 3.47. The van der Waals surface area contributed by atoms with E-state index in [-0.39, 0.29) is 5.75 Å². The number of hydrazone groups is 1. The molecule has 0 aliphatic carbocycles. The third kappa shape index (κ3) is 2.37. The van der Waals surface area contributed by atoms with E-state index in [1.807, 2.05) is 50.2 Å². The topological polar surface area (TPSA) is 84.4 Å². The van der Waals surface area contributed by atoms with Gasteiger partial charge in [-0.3, -0.25) is 0 Å². The van der Waals surface area contributed by atoms with E-state index < -0.39 is 0 Å². The largest absolute Gasteiger partial charge is 0.507 e. The molecule has 2 aromatic carbocycles. The Morgan fingerprint density at radius 1 is 1.05 bits per heavy atom. The fourth-order valence-corrected chi connectivity index (χ4v) is 2.57. The van der Waals surface area contributed by atoms with Crippen molar-refractivity contribution < 1.29 is 5.11 Å². The molecule has 0 bridgehead atoms. The van der Waals surface area contributed by atoms with Crippen LogP contribution in [-0.4, -0.2) is 20.8 Å². The SMILES string of the molecule is Cc1cc(C)nc(C(=NN)c2c(O)ccc3ccccc23)n1. The van der Waals surface area contributed by atoms with Gasteiger partial charge in [-0.2, -0.15) is 5.10 Å². The molecule has 0 radical (unpaired) electrons. The summed E-state index contributed by atoms with van der Waals surface area (Å²) >= 11 is 0. The lowest BCUT2D eigenvalue weighted by Crippen LogP contribution is -2.13. The predicted octanol–water partition coefficient (Wildman–Crippen LogP) is 2.66. The number of aromatic hydroxyl groups is 1. The molecule has 3 rings (SSSR count). The van der Waals surface area contributed by atoms with Gasteiger partial charge in [-0.05, 0) is 36.8 Å². The summed E-state index contributed by atoms with van der Waals surface area (Å²) in [6.07, 6.45) is 0. The van der Waals surface area contributed by atoms with Crippen LogP contribution in [0.5, 0.6) is 5.75 Å². The maximum absolute atomic E-state index is 10.3. The minimum atomic E-state index is 0.102. The summed E-state index contributed by atoms with van der Waals surface area (Å²) in [6.45, 7) is 3.77. The Bertz CT molecular complexity index is 867. The lowest BCUT2D eigenvalue weighted by atomic mass is 9.99. The highest BCUT2D eigenvalue weighted by Crippen LogP contribution is 2.29. The van der Waals surface area contributed by atoms with Gasteiger partial charge in [0.2, 0.25) is 0 Å². The van der Waals surface area contributed by atoms with Crippen molar-refractivity contribution in [2.24, 2.45) is 10.9 Å². The van der Waals surface area contributed by atoms with Crippen molar-refractivity contribution in [2.45, 2.75) is 13.8 Å². The zero-order valence-electron chi connectivity index (χ0n) is 12.4. The average molecular weight is 292 g/mol.